The predicted octanol–water partition coefficient (Wildman–Crippen LogP) is 2.90. The van der Waals surface area contributed by atoms with Gasteiger partial charge in [-0.1, -0.05) is 0 Å². The van der Waals surface area contributed by atoms with E-state index >= 15 is 0 Å². The first-order chi connectivity index (χ1) is 6.74. The van der Waals surface area contributed by atoms with Crippen molar-refractivity contribution in [2.45, 2.75) is 17.7 Å². The number of aliphatic hydroxyl groups excluding tert-OH is 1. The van der Waals surface area contributed by atoms with Gasteiger partial charge in [-0.25, -0.2) is 0 Å². The molecule has 0 atom stereocenters. The van der Waals surface area contributed by atoms with E-state index in [4.69, 9.17) is 10.8 Å². The first kappa shape index (κ1) is 11.9. The van der Waals surface area contributed by atoms with Crippen LogP contribution in [0.1, 0.15) is 12.8 Å². The second-order valence-electron chi connectivity index (χ2n) is 2.97. The molecule has 0 unspecified atom stereocenters. The predicted molar refractivity (Wildman–Crippen MR) is 65.6 cm³/mol. The van der Waals surface area contributed by atoms with Crippen LogP contribution in [-0.2, 0) is 0 Å². The van der Waals surface area contributed by atoms with Crippen LogP contribution in [0.5, 0.6) is 0 Å². The van der Waals surface area contributed by atoms with Crippen molar-refractivity contribution in [1.29, 1.82) is 0 Å². The van der Waals surface area contributed by atoms with Crippen LogP contribution in [-0.4, -0.2) is 17.5 Å². The van der Waals surface area contributed by atoms with Crippen molar-refractivity contribution in [1.82, 2.24) is 0 Å². The Hall–Kier alpha value is -0.190. The maximum absolute atomic E-state index is 8.62. The van der Waals surface area contributed by atoms with Crippen LogP contribution in [0.4, 0.5) is 5.69 Å². The van der Waals surface area contributed by atoms with E-state index in [2.05, 4.69) is 15.9 Å². The summed E-state index contributed by atoms with van der Waals surface area (Å²) in [5.41, 5.74) is 6.41. The number of nitrogens with two attached hydrogens (primary N) is 1. The van der Waals surface area contributed by atoms with Crippen LogP contribution in [0.25, 0.3) is 0 Å². The van der Waals surface area contributed by atoms with E-state index < -0.39 is 0 Å². The van der Waals surface area contributed by atoms with Crippen LogP contribution in [0.15, 0.2) is 27.6 Å². The van der Waals surface area contributed by atoms with Gasteiger partial charge in [-0.2, -0.15) is 0 Å². The summed E-state index contributed by atoms with van der Waals surface area (Å²) in [5, 5.41) is 8.62. The molecule has 0 radical (unpaired) electrons. The normalized spacial score (nSPS) is 10.4. The molecule has 0 aromatic heterocycles. The lowest BCUT2D eigenvalue weighted by Crippen LogP contribution is -1.87. The Balaban J connectivity index is 2.42. The lowest BCUT2D eigenvalue weighted by molar-refractivity contribution is 0.287. The monoisotopic (exact) mass is 275 g/mol. The first-order valence-electron chi connectivity index (χ1n) is 4.52. The quantitative estimate of drug-likeness (QED) is 0.494. The Bertz CT molecular complexity index is 293. The number of rotatable bonds is 5. The van der Waals surface area contributed by atoms with Crippen LogP contribution < -0.4 is 5.73 Å². The molecule has 78 valence electrons. The zero-order valence-electron chi connectivity index (χ0n) is 7.87. The highest BCUT2D eigenvalue weighted by Gasteiger charge is 2.00. The number of hydrogen-bond donors (Lipinski definition) is 2. The number of benzene rings is 1. The molecule has 0 aliphatic rings. The fourth-order valence-corrected chi connectivity index (χ4v) is 2.70. The highest BCUT2D eigenvalue weighted by atomic mass is 79.9. The Morgan fingerprint density at radius 3 is 2.79 bits per heavy atom. The summed E-state index contributed by atoms with van der Waals surface area (Å²) >= 11 is 5.25. The van der Waals surface area contributed by atoms with E-state index in [1.807, 2.05) is 18.2 Å². The summed E-state index contributed by atoms with van der Waals surface area (Å²) in [4.78, 5) is 1.21. The Morgan fingerprint density at radius 1 is 1.36 bits per heavy atom. The highest BCUT2D eigenvalue weighted by Crippen LogP contribution is 2.29. The number of unbranched alkanes of at least 4 members (excludes halogenated alkanes) is 1. The van der Waals surface area contributed by atoms with E-state index in [0.717, 1.165) is 28.8 Å². The molecule has 0 saturated carbocycles. The highest BCUT2D eigenvalue weighted by molar-refractivity contribution is 9.10. The lowest BCUT2D eigenvalue weighted by Gasteiger charge is -2.04. The second kappa shape index (κ2) is 6.32. The molecule has 0 fully saturated rings. The zero-order valence-corrected chi connectivity index (χ0v) is 10.3. The van der Waals surface area contributed by atoms with Crippen LogP contribution in [0, 0.1) is 0 Å². The van der Waals surface area contributed by atoms with Crippen LogP contribution in [0.2, 0.25) is 0 Å². The van der Waals surface area contributed by atoms with Gasteiger partial charge >= 0.3 is 0 Å². The largest absolute Gasteiger partial charge is 0.399 e. The van der Waals surface area contributed by atoms with E-state index in [9.17, 15) is 0 Å². The van der Waals surface area contributed by atoms with Crippen molar-refractivity contribution in [3.63, 3.8) is 0 Å². The van der Waals surface area contributed by atoms with Crippen molar-refractivity contribution in [3.05, 3.63) is 22.7 Å². The van der Waals surface area contributed by atoms with Crippen molar-refractivity contribution in [2.75, 3.05) is 18.1 Å². The van der Waals surface area contributed by atoms with E-state index in [1.165, 1.54) is 4.90 Å². The molecular weight excluding hydrogens is 262 g/mol. The Morgan fingerprint density at radius 2 is 2.14 bits per heavy atom. The summed E-state index contributed by atoms with van der Waals surface area (Å²) in [6.07, 6.45) is 1.91. The first-order valence-corrected chi connectivity index (χ1v) is 6.30. The average Bonchev–Trinajstić information content (AvgIpc) is 2.15. The van der Waals surface area contributed by atoms with Gasteiger partial charge in [0.1, 0.15) is 0 Å². The van der Waals surface area contributed by atoms with Gasteiger partial charge in [0.15, 0.2) is 0 Å². The smallest absolute Gasteiger partial charge is 0.0431 e. The van der Waals surface area contributed by atoms with Crippen molar-refractivity contribution >= 4 is 33.4 Å². The Labute approximate surface area is 97.0 Å². The fraction of sp³-hybridized carbons (Fsp3) is 0.400. The third kappa shape index (κ3) is 3.90. The molecule has 4 heteroatoms. The molecule has 0 heterocycles. The van der Waals surface area contributed by atoms with Crippen LogP contribution in [0.3, 0.4) is 0 Å². The van der Waals surface area contributed by atoms with E-state index in [0.29, 0.717) is 0 Å². The minimum Gasteiger partial charge on any atom is -0.399 e. The van der Waals surface area contributed by atoms with Gasteiger partial charge in [0.2, 0.25) is 0 Å². The summed E-state index contributed by atoms with van der Waals surface area (Å²) < 4.78 is 1.05. The van der Waals surface area contributed by atoms with Gasteiger partial charge in [0.25, 0.3) is 0 Å². The summed E-state index contributed by atoms with van der Waals surface area (Å²) in [7, 11) is 0. The van der Waals surface area contributed by atoms with Gasteiger partial charge in [-0.3, -0.25) is 0 Å². The molecule has 1 aromatic carbocycles. The third-order valence-corrected chi connectivity index (χ3v) is 3.84. The molecule has 0 aliphatic carbocycles. The molecule has 1 aromatic rings. The molecule has 0 amide bonds. The minimum absolute atomic E-state index is 0.281. The SMILES string of the molecule is Nc1ccc(SCCCCO)c(Br)c1. The van der Waals surface area contributed by atoms with E-state index in [1.54, 1.807) is 11.8 Å². The maximum Gasteiger partial charge on any atom is 0.0431 e. The maximum atomic E-state index is 8.62. The number of nitrogen functional groups attached to an aromatic ring is 1. The topological polar surface area (TPSA) is 46.2 Å². The average molecular weight is 276 g/mol. The van der Waals surface area contributed by atoms with Crippen molar-refractivity contribution in [3.8, 4) is 0 Å². The van der Waals surface area contributed by atoms with Crippen molar-refractivity contribution < 1.29 is 5.11 Å². The molecular formula is C10H14BrNOS. The molecule has 0 spiro atoms. The lowest BCUT2D eigenvalue weighted by atomic mass is 10.3. The molecule has 14 heavy (non-hydrogen) atoms. The zero-order chi connectivity index (χ0) is 10.4. The number of halogens is 1. The van der Waals surface area contributed by atoms with Gasteiger partial charge in [0, 0.05) is 21.7 Å². The molecule has 1 rings (SSSR count). The number of thioether (sulfide) groups is 1. The second-order valence-corrected chi connectivity index (χ2v) is 4.96. The van der Waals surface area contributed by atoms with Gasteiger partial charge < -0.3 is 10.8 Å². The Kier molecular flexibility index (Phi) is 5.37. The fourth-order valence-electron chi connectivity index (χ4n) is 1.03. The molecule has 3 N–H and O–H groups in total. The molecule has 0 aliphatic heterocycles. The third-order valence-electron chi connectivity index (χ3n) is 1.77. The van der Waals surface area contributed by atoms with Gasteiger partial charge in [0.05, 0.1) is 0 Å². The number of aliphatic hydroxyl groups is 1. The van der Waals surface area contributed by atoms with Crippen molar-refractivity contribution in [2.24, 2.45) is 0 Å². The summed E-state index contributed by atoms with van der Waals surface area (Å²) in [5.74, 6) is 1.03. The molecule has 0 saturated heterocycles. The number of hydrogen-bond acceptors (Lipinski definition) is 3. The standard InChI is InChI=1S/C10H14BrNOS/c11-9-7-8(12)3-4-10(9)14-6-2-1-5-13/h3-4,7,13H,1-2,5-6,12H2. The van der Waals surface area contributed by atoms with Crippen LogP contribution >= 0.6 is 27.7 Å². The van der Waals surface area contributed by atoms with Gasteiger partial charge in [-0.15, -0.1) is 11.8 Å². The summed E-state index contributed by atoms with van der Waals surface area (Å²) in [6.45, 7) is 0.281. The number of anilines is 1. The molecule has 2 nitrogen and oxygen atoms in total. The summed E-state index contributed by atoms with van der Waals surface area (Å²) in [6, 6.07) is 5.83. The molecule has 0 bridgehead atoms. The van der Waals surface area contributed by atoms with Gasteiger partial charge in [-0.05, 0) is 52.7 Å². The minimum atomic E-state index is 0.281. The van der Waals surface area contributed by atoms with E-state index in [-0.39, 0.29) is 6.61 Å².